The summed E-state index contributed by atoms with van der Waals surface area (Å²) in [6, 6.07) is 2.54. The fourth-order valence-corrected chi connectivity index (χ4v) is 1.37. The van der Waals surface area contributed by atoms with E-state index in [0.29, 0.717) is 0 Å². The molecule has 86 valence electrons. The number of amidine groups is 1. The molecule has 0 aromatic heterocycles. The summed E-state index contributed by atoms with van der Waals surface area (Å²) < 4.78 is 0. The number of halogens is 3. The third-order valence-corrected chi connectivity index (χ3v) is 2.67. The normalized spacial score (nSPS) is 11.6. The Labute approximate surface area is 107 Å². The van der Waals surface area contributed by atoms with Gasteiger partial charge in [-0.05, 0) is 12.1 Å². The highest BCUT2D eigenvalue weighted by molar-refractivity contribution is 6.42. The van der Waals surface area contributed by atoms with Crippen LogP contribution in [0.1, 0.15) is 10.4 Å². The van der Waals surface area contributed by atoms with Crippen molar-refractivity contribution in [1.29, 1.82) is 0 Å². The highest BCUT2D eigenvalue weighted by Crippen LogP contribution is 2.30. The number of hydrogen-bond donors (Lipinski definition) is 2. The highest BCUT2D eigenvalue weighted by Gasteiger charge is 2.13. The van der Waals surface area contributed by atoms with Crippen LogP contribution in [-0.2, 0) is 0 Å². The first-order valence-electron chi connectivity index (χ1n) is 4.07. The average molecular weight is 282 g/mol. The molecular formula is C9H7Cl3N2O2. The van der Waals surface area contributed by atoms with Crippen molar-refractivity contribution in [2.45, 2.75) is 0 Å². The van der Waals surface area contributed by atoms with Gasteiger partial charge in [0.25, 0.3) is 0 Å². The summed E-state index contributed by atoms with van der Waals surface area (Å²) in [7, 11) is 0. The van der Waals surface area contributed by atoms with E-state index in [2.05, 4.69) is 4.99 Å². The van der Waals surface area contributed by atoms with Gasteiger partial charge in [0, 0.05) is 0 Å². The number of nitrogens with zero attached hydrogens (tertiary/aromatic N) is 1. The zero-order valence-corrected chi connectivity index (χ0v) is 10.1. The zero-order chi connectivity index (χ0) is 12.3. The topological polar surface area (TPSA) is 75.7 Å². The Balaban J connectivity index is 3.36. The first kappa shape index (κ1) is 13.1. The maximum atomic E-state index is 10.9. The van der Waals surface area contributed by atoms with E-state index in [1.54, 1.807) is 0 Å². The van der Waals surface area contributed by atoms with Gasteiger partial charge in [-0.1, -0.05) is 23.2 Å². The van der Waals surface area contributed by atoms with Crippen LogP contribution in [-0.4, -0.2) is 22.8 Å². The van der Waals surface area contributed by atoms with Crippen molar-refractivity contribution in [2.24, 2.45) is 10.7 Å². The van der Waals surface area contributed by atoms with Crippen LogP contribution in [0.15, 0.2) is 17.1 Å². The summed E-state index contributed by atoms with van der Waals surface area (Å²) >= 11 is 16.9. The van der Waals surface area contributed by atoms with Crippen LogP contribution in [0, 0.1) is 0 Å². The van der Waals surface area contributed by atoms with Crippen molar-refractivity contribution >= 4 is 52.3 Å². The molecule has 1 aromatic rings. The Kier molecular flexibility index (Phi) is 4.41. The molecule has 0 saturated heterocycles. The third kappa shape index (κ3) is 3.01. The van der Waals surface area contributed by atoms with Gasteiger partial charge in [0.1, 0.15) is 5.84 Å². The SMILES string of the molecule is NC(CCl)=Nc1cc(Cl)c(Cl)cc1C(=O)O. The molecule has 4 nitrogen and oxygen atoms in total. The van der Waals surface area contributed by atoms with Gasteiger partial charge in [-0.2, -0.15) is 0 Å². The number of carboxylic acid groups (broad SMARTS) is 1. The standard InChI is InChI=1S/C9H7Cl3N2O2/c10-3-8(13)14-7-2-6(12)5(11)1-4(7)9(15)16/h1-2H,3H2,(H2,13,14)(H,15,16). The summed E-state index contributed by atoms with van der Waals surface area (Å²) in [4.78, 5) is 14.7. The van der Waals surface area contributed by atoms with E-state index in [-0.39, 0.29) is 33.0 Å². The second-order valence-corrected chi connectivity index (χ2v) is 3.91. The molecule has 0 radical (unpaired) electrons. The third-order valence-electron chi connectivity index (χ3n) is 1.67. The Morgan fingerprint density at radius 3 is 2.44 bits per heavy atom. The van der Waals surface area contributed by atoms with Gasteiger partial charge in [0.05, 0.1) is 27.2 Å². The molecule has 16 heavy (non-hydrogen) atoms. The summed E-state index contributed by atoms with van der Waals surface area (Å²) in [5, 5.41) is 9.26. The number of carboxylic acids is 1. The minimum Gasteiger partial charge on any atom is -0.478 e. The molecule has 1 aromatic carbocycles. The molecule has 0 heterocycles. The van der Waals surface area contributed by atoms with E-state index in [9.17, 15) is 4.79 Å². The number of aromatic carboxylic acids is 1. The molecule has 0 fully saturated rings. The van der Waals surface area contributed by atoms with Crippen molar-refractivity contribution in [2.75, 3.05) is 5.88 Å². The molecule has 0 aliphatic rings. The van der Waals surface area contributed by atoms with Gasteiger partial charge in [-0.25, -0.2) is 9.79 Å². The molecule has 3 N–H and O–H groups in total. The van der Waals surface area contributed by atoms with Crippen LogP contribution in [0.4, 0.5) is 5.69 Å². The smallest absolute Gasteiger partial charge is 0.337 e. The first-order chi connectivity index (χ1) is 7.45. The molecule has 0 amide bonds. The minimum absolute atomic E-state index is 0.000690. The maximum absolute atomic E-state index is 10.9. The fourth-order valence-electron chi connectivity index (χ4n) is 0.985. The predicted molar refractivity (Wildman–Crippen MR) is 65.4 cm³/mol. The van der Waals surface area contributed by atoms with Crippen LogP contribution in [0.2, 0.25) is 10.0 Å². The second-order valence-electron chi connectivity index (χ2n) is 2.83. The van der Waals surface area contributed by atoms with Crippen molar-refractivity contribution in [3.63, 3.8) is 0 Å². The second kappa shape index (κ2) is 5.39. The summed E-state index contributed by atoms with van der Waals surface area (Å²) in [5.41, 5.74) is 5.46. The predicted octanol–water partition coefficient (Wildman–Crippen LogP) is 2.92. The summed E-state index contributed by atoms with van der Waals surface area (Å²) in [5.74, 6) is -1.07. The van der Waals surface area contributed by atoms with Gasteiger partial charge in [-0.15, -0.1) is 11.6 Å². The van der Waals surface area contributed by atoms with Gasteiger partial charge in [-0.3, -0.25) is 0 Å². The van der Waals surface area contributed by atoms with E-state index in [4.69, 9.17) is 45.6 Å². The molecule has 0 aliphatic heterocycles. The van der Waals surface area contributed by atoms with E-state index < -0.39 is 5.97 Å². The van der Waals surface area contributed by atoms with Crippen molar-refractivity contribution in [1.82, 2.24) is 0 Å². The number of alkyl halides is 1. The van der Waals surface area contributed by atoms with E-state index >= 15 is 0 Å². The number of aliphatic imine (C=N–C) groups is 1. The fraction of sp³-hybridized carbons (Fsp3) is 0.111. The van der Waals surface area contributed by atoms with Crippen molar-refractivity contribution in [3.8, 4) is 0 Å². The lowest BCUT2D eigenvalue weighted by atomic mass is 10.2. The average Bonchev–Trinajstić information content (AvgIpc) is 2.22. The molecule has 7 heteroatoms. The lowest BCUT2D eigenvalue weighted by Crippen LogP contribution is -2.12. The Bertz CT molecular complexity index is 460. The minimum atomic E-state index is -1.17. The Hall–Kier alpha value is -0.970. The van der Waals surface area contributed by atoms with Crippen LogP contribution in [0.25, 0.3) is 0 Å². The lowest BCUT2D eigenvalue weighted by Gasteiger charge is -2.04. The zero-order valence-electron chi connectivity index (χ0n) is 7.88. The summed E-state index contributed by atoms with van der Waals surface area (Å²) in [6.07, 6.45) is 0. The first-order valence-corrected chi connectivity index (χ1v) is 5.36. The van der Waals surface area contributed by atoms with E-state index in [0.717, 1.165) is 0 Å². The Morgan fingerprint density at radius 1 is 1.38 bits per heavy atom. The number of rotatable bonds is 3. The number of carbonyl (C=O) groups is 1. The summed E-state index contributed by atoms with van der Waals surface area (Å²) in [6.45, 7) is 0. The molecule has 0 aliphatic carbocycles. The van der Waals surface area contributed by atoms with Gasteiger partial charge >= 0.3 is 5.97 Å². The lowest BCUT2D eigenvalue weighted by molar-refractivity contribution is 0.0698. The highest BCUT2D eigenvalue weighted by atomic mass is 35.5. The quantitative estimate of drug-likeness (QED) is 0.508. The van der Waals surface area contributed by atoms with Gasteiger partial charge in [0.15, 0.2) is 0 Å². The van der Waals surface area contributed by atoms with Crippen LogP contribution in [0.3, 0.4) is 0 Å². The molecular weight excluding hydrogens is 274 g/mol. The van der Waals surface area contributed by atoms with Crippen LogP contribution in [0.5, 0.6) is 0 Å². The molecule has 0 spiro atoms. The van der Waals surface area contributed by atoms with E-state index in [1.165, 1.54) is 12.1 Å². The molecule has 0 unspecified atom stereocenters. The monoisotopic (exact) mass is 280 g/mol. The van der Waals surface area contributed by atoms with Gasteiger partial charge in [0.2, 0.25) is 0 Å². The maximum Gasteiger partial charge on any atom is 0.337 e. The number of hydrogen-bond acceptors (Lipinski definition) is 2. The molecule has 0 bridgehead atoms. The number of nitrogens with two attached hydrogens (primary N) is 1. The van der Waals surface area contributed by atoms with Gasteiger partial charge < -0.3 is 10.8 Å². The van der Waals surface area contributed by atoms with Crippen molar-refractivity contribution < 1.29 is 9.90 Å². The van der Waals surface area contributed by atoms with Crippen LogP contribution >= 0.6 is 34.8 Å². The molecule has 1 rings (SSSR count). The molecule has 0 atom stereocenters. The van der Waals surface area contributed by atoms with E-state index in [1.807, 2.05) is 0 Å². The largest absolute Gasteiger partial charge is 0.478 e. The van der Waals surface area contributed by atoms with Crippen molar-refractivity contribution in [3.05, 3.63) is 27.7 Å². The Morgan fingerprint density at radius 2 is 1.94 bits per heavy atom. The molecule has 0 saturated carbocycles. The number of benzene rings is 1. The van der Waals surface area contributed by atoms with Crippen LogP contribution < -0.4 is 5.73 Å².